The second-order valence-corrected chi connectivity index (χ2v) is 8.59. The van der Waals surface area contributed by atoms with Crippen molar-refractivity contribution < 1.29 is 9.18 Å². The first-order valence-corrected chi connectivity index (χ1v) is 11.1. The van der Waals surface area contributed by atoms with Gasteiger partial charge in [0.15, 0.2) is 0 Å². The number of benzene rings is 1. The molecule has 2 aliphatic rings. The lowest BCUT2D eigenvalue weighted by Crippen LogP contribution is -2.40. The van der Waals surface area contributed by atoms with Gasteiger partial charge in [-0.25, -0.2) is 4.39 Å². The molecule has 4 nitrogen and oxygen atoms in total. The second kappa shape index (κ2) is 10.6. The Hall–Kier alpha value is -1.17. The summed E-state index contributed by atoms with van der Waals surface area (Å²) in [6, 6.07) is 5.38. The van der Waals surface area contributed by atoms with E-state index >= 15 is 0 Å². The number of carbonyl (C=O) groups is 1. The average Bonchev–Trinajstić information content (AvgIpc) is 3.16. The Balaban J connectivity index is 1.33. The number of nitrogens with one attached hydrogen (secondary N) is 1. The zero-order chi connectivity index (χ0) is 19.9. The van der Waals surface area contributed by atoms with Crippen LogP contribution in [0.3, 0.4) is 0 Å². The quantitative estimate of drug-likeness (QED) is 0.702. The molecule has 156 valence electrons. The first-order chi connectivity index (χ1) is 13.6. The summed E-state index contributed by atoms with van der Waals surface area (Å²) in [5.41, 5.74) is 0.593. The largest absolute Gasteiger partial charge is 0.355 e. The van der Waals surface area contributed by atoms with E-state index in [2.05, 4.69) is 22.0 Å². The van der Waals surface area contributed by atoms with Crippen LogP contribution in [0.5, 0.6) is 0 Å². The number of likely N-dealkylation sites (N-methyl/N-ethyl adjacent to an activating group) is 1. The summed E-state index contributed by atoms with van der Waals surface area (Å²) in [6.45, 7) is 7.63. The molecule has 1 atom stereocenters. The van der Waals surface area contributed by atoms with Crippen LogP contribution in [0.25, 0.3) is 0 Å². The Morgan fingerprint density at radius 3 is 2.75 bits per heavy atom. The number of amides is 1. The van der Waals surface area contributed by atoms with Crippen molar-refractivity contribution in [1.29, 1.82) is 0 Å². The standard InChI is InChI=1S/C22H33ClFN3O/c1-2-27-12-4-5-18(27)15-25-22(28)9-8-17-10-13-26(14-11-17)16-19-20(23)6-3-7-21(19)24/h3,6-7,17-18H,2,4-5,8-16H2,1H3,(H,25,28). The van der Waals surface area contributed by atoms with Crippen LogP contribution in [-0.2, 0) is 11.3 Å². The van der Waals surface area contributed by atoms with Crippen LogP contribution >= 0.6 is 11.6 Å². The number of nitrogens with zero attached hydrogens (tertiary/aromatic N) is 2. The van der Waals surface area contributed by atoms with Gasteiger partial charge in [-0.1, -0.05) is 24.6 Å². The first kappa shape index (κ1) is 21.5. The summed E-state index contributed by atoms with van der Waals surface area (Å²) in [6.07, 6.45) is 6.12. The van der Waals surface area contributed by atoms with Gasteiger partial charge in [0.2, 0.25) is 5.91 Å². The zero-order valence-corrected chi connectivity index (χ0v) is 17.7. The Bertz CT molecular complexity index is 628. The fourth-order valence-corrected chi connectivity index (χ4v) is 4.76. The van der Waals surface area contributed by atoms with E-state index in [0.29, 0.717) is 35.5 Å². The summed E-state index contributed by atoms with van der Waals surface area (Å²) in [7, 11) is 0. The SMILES string of the molecule is CCN1CCCC1CNC(=O)CCC1CCN(Cc2c(F)cccc2Cl)CC1. The van der Waals surface area contributed by atoms with Gasteiger partial charge in [-0.2, -0.15) is 0 Å². The molecule has 2 fully saturated rings. The molecule has 1 amide bonds. The van der Waals surface area contributed by atoms with Crippen LogP contribution in [0.2, 0.25) is 5.02 Å². The van der Waals surface area contributed by atoms with Crippen LogP contribution < -0.4 is 5.32 Å². The summed E-state index contributed by atoms with van der Waals surface area (Å²) in [5.74, 6) is 0.537. The van der Waals surface area contributed by atoms with E-state index in [-0.39, 0.29) is 11.7 Å². The van der Waals surface area contributed by atoms with Crippen LogP contribution in [0.4, 0.5) is 4.39 Å². The molecule has 2 aliphatic heterocycles. The van der Waals surface area contributed by atoms with E-state index in [1.807, 2.05) is 0 Å². The topological polar surface area (TPSA) is 35.6 Å². The molecule has 0 bridgehead atoms. The highest BCUT2D eigenvalue weighted by atomic mass is 35.5. The minimum Gasteiger partial charge on any atom is -0.355 e. The van der Waals surface area contributed by atoms with E-state index in [9.17, 15) is 9.18 Å². The molecule has 0 aliphatic carbocycles. The third-order valence-electron chi connectivity index (χ3n) is 6.37. The predicted octanol–water partition coefficient (Wildman–Crippen LogP) is 4.07. The maximum atomic E-state index is 14.0. The lowest BCUT2D eigenvalue weighted by Gasteiger charge is -2.32. The molecular weight excluding hydrogens is 377 g/mol. The highest BCUT2D eigenvalue weighted by Crippen LogP contribution is 2.26. The van der Waals surface area contributed by atoms with Crippen LogP contribution in [0.1, 0.15) is 51.0 Å². The number of likely N-dealkylation sites (tertiary alicyclic amines) is 2. The Morgan fingerprint density at radius 1 is 1.25 bits per heavy atom. The van der Waals surface area contributed by atoms with Gasteiger partial charge in [0.25, 0.3) is 0 Å². The Kier molecular flexibility index (Phi) is 8.12. The van der Waals surface area contributed by atoms with Gasteiger partial charge in [0.05, 0.1) is 0 Å². The minimum atomic E-state index is -0.227. The monoisotopic (exact) mass is 409 g/mol. The van der Waals surface area contributed by atoms with Crippen molar-refractivity contribution >= 4 is 17.5 Å². The maximum Gasteiger partial charge on any atom is 0.220 e. The summed E-state index contributed by atoms with van der Waals surface area (Å²) < 4.78 is 14.0. The maximum absolute atomic E-state index is 14.0. The molecule has 1 unspecified atom stereocenters. The van der Waals surface area contributed by atoms with Gasteiger partial charge in [-0.05, 0) is 76.3 Å². The van der Waals surface area contributed by atoms with E-state index in [1.54, 1.807) is 12.1 Å². The van der Waals surface area contributed by atoms with Crippen LogP contribution in [0, 0.1) is 11.7 Å². The van der Waals surface area contributed by atoms with Gasteiger partial charge in [-0.3, -0.25) is 14.6 Å². The van der Waals surface area contributed by atoms with Crippen LogP contribution in [0.15, 0.2) is 18.2 Å². The molecule has 0 spiro atoms. The highest BCUT2D eigenvalue weighted by Gasteiger charge is 2.24. The van der Waals surface area contributed by atoms with E-state index in [0.717, 1.165) is 52.0 Å². The first-order valence-electron chi connectivity index (χ1n) is 10.7. The van der Waals surface area contributed by atoms with Crippen molar-refractivity contribution in [3.05, 3.63) is 34.6 Å². The summed E-state index contributed by atoms with van der Waals surface area (Å²) >= 11 is 6.14. The fourth-order valence-electron chi connectivity index (χ4n) is 4.54. The number of hydrogen-bond donors (Lipinski definition) is 1. The predicted molar refractivity (Wildman–Crippen MR) is 112 cm³/mol. The minimum absolute atomic E-state index is 0.184. The molecule has 28 heavy (non-hydrogen) atoms. The summed E-state index contributed by atoms with van der Waals surface area (Å²) in [4.78, 5) is 16.9. The number of rotatable bonds is 8. The smallest absolute Gasteiger partial charge is 0.220 e. The van der Waals surface area contributed by atoms with Gasteiger partial charge in [-0.15, -0.1) is 0 Å². The Labute approximate surface area is 173 Å². The van der Waals surface area contributed by atoms with E-state index < -0.39 is 0 Å². The van der Waals surface area contributed by atoms with E-state index in [4.69, 9.17) is 11.6 Å². The average molecular weight is 410 g/mol. The van der Waals surface area contributed by atoms with Crippen molar-refractivity contribution in [2.45, 2.75) is 58.0 Å². The second-order valence-electron chi connectivity index (χ2n) is 8.19. The van der Waals surface area contributed by atoms with Crippen molar-refractivity contribution in [2.75, 3.05) is 32.7 Å². The molecule has 0 radical (unpaired) electrons. The number of piperidine rings is 1. The zero-order valence-electron chi connectivity index (χ0n) is 16.9. The van der Waals surface area contributed by atoms with Crippen molar-refractivity contribution in [2.24, 2.45) is 5.92 Å². The van der Waals surface area contributed by atoms with Crippen molar-refractivity contribution in [3.63, 3.8) is 0 Å². The van der Waals surface area contributed by atoms with Gasteiger partial charge in [0.1, 0.15) is 5.82 Å². The lowest BCUT2D eigenvalue weighted by molar-refractivity contribution is -0.121. The molecule has 0 aromatic heterocycles. The molecule has 6 heteroatoms. The number of hydrogen-bond acceptors (Lipinski definition) is 3. The summed E-state index contributed by atoms with van der Waals surface area (Å²) in [5, 5.41) is 3.64. The Morgan fingerprint density at radius 2 is 2.04 bits per heavy atom. The molecule has 1 N–H and O–H groups in total. The van der Waals surface area contributed by atoms with Crippen molar-refractivity contribution in [3.8, 4) is 0 Å². The highest BCUT2D eigenvalue weighted by molar-refractivity contribution is 6.31. The normalized spacial score (nSPS) is 21.9. The molecule has 1 aromatic rings. The molecule has 2 heterocycles. The fraction of sp³-hybridized carbons (Fsp3) is 0.682. The third-order valence-corrected chi connectivity index (χ3v) is 6.72. The van der Waals surface area contributed by atoms with Gasteiger partial charge >= 0.3 is 0 Å². The van der Waals surface area contributed by atoms with Crippen molar-refractivity contribution in [1.82, 2.24) is 15.1 Å². The van der Waals surface area contributed by atoms with Gasteiger partial charge in [0, 0.05) is 36.1 Å². The van der Waals surface area contributed by atoms with Gasteiger partial charge < -0.3 is 5.32 Å². The lowest BCUT2D eigenvalue weighted by atomic mass is 9.92. The molecule has 0 saturated carbocycles. The number of carbonyl (C=O) groups excluding carboxylic acids is 1. The van der Waals surface area contributed by atoms with Crippen LogP contribution in [-0.4, -0.2) is 54.5 Å². The molecule has 3 rings (SSSR count). The van der Waals surface area contributed by atoms with E-state index in [1.165, 1.54) is 18.9 Å². The molecule has 2 saturated heterocycles. The molecular formula is C22H33ClFN3O. The number of halogens is 2. The third kappa shape index (κ3) is 5.91. The molecule has 1 aromatic carbocycles.